The average Bonchev–Trinajstić information content (AvgIpc) is 2.15. The van der Waals surface area contributed by atoms with Crippen LogP contribution in [0.2, 0.25) is 0 Å². The molecule has 0 aliphatic rings. The van der Waals surface area contributed by atoms with Crippen LogP contribution in [0.4, 0.5) is 4.79 Å². The molecule has 2 unspecified atom stereocenters. The van der Waals surface area contributed by atoms with Gasteiger partial charge in [0.25, 0.3) is 0 Å². The van der Waals surface area contributed by atoms with Gasteiger partial charge in [-0.05, 0) is 13.8 Å². The van der Waals surface area contributed by atoms with Crippen molar-refractivity contribution in [2.75, 3.05) is 20.3 Å². The van der Waals surface area contributed by atoms with E-state index in [1.807, 2.05) is 0 Å². The molecule has 0 aliphatic carbocycles. The molecule has 0 radical (unpaired) electrons. The lowest BCUT2D eigenvalue weighted by atomic mass is 10.1. The van der Waals surface area contributed by atoms with E-state index in [0.29, 0.717) is 6.61 Å². The van der Waals surface area contributed by atoms with Crippen molar-refractivity contribution in [1.82, 2.24) is 10.6 Å². The van der Waals surface area contributed by atoms with Gasteiger partial charge in [0.15, 0.2) is 5.60 Å². The molecule has 0 fully saturated rings. The Balaban J connectivity index is 3.94. The van der Waals surface area contributed by atoms with Crippen LogP contribution in [0.1, 0.15) is 13.8 Å². The molecule has 0 saturated carbocycles. The quantitative estimate of drug-likeness (QED) is 0.479. The van der Waals surface area contributed by atoms with E-state index in [0.717, 1.165) is 6.92 Å². The Hall–Kier alpha value is -1.34. The first-order chi connectivity index (χ1) is 7.29. The number of rotatable bonds is 6. The van der Waals surface area contributed by atoms with Crippen molar-refractivity contribution in [3.63, 3.8) is 0 Å². The van der Waals surface area contributed by atoms with Gasteiger partial charge in [0, 0.05) is 7.11 Å². The van der Waals surface area contributed by atoms with Crippen molar-refractivity contribution in [1.29, 1.82) is 0 Å². The molecule has 0 aromatic rings. The normalized spacial score (nSPS) is 16.0. The number of nitrogens with one attached hydrogen (secondary N) is 2. The minimum atomic E-state index is -1.97. The van der Waals surface area contributed by atoms with Crippen molar-refractivity contribution in [2.24, 2.45) is 0 Å². The largest absolute Gasteiger partial charge is 0.479 e. The predicted octanol–water partition coefficient (Wildman–Crippen LogP) is -0.844. The Labute approximate surface area is 93.8 Å². The third kappa shape index (κ3) is 5.52. The molecule has 2 amide bonds. The highest BCUT2D eigenvalue weighted by Gasteiger charge is 2.30. The second-order valence-corrected chi connectivity index (χ2v) is 3.76. The zero-order chi connectivity index (χ0) is 12.8. The molecular formula is C9H18N2O5. The Bertz CT molecular complexity index is 254. The Morgan fingerprint density at radius 2 is 2.06 bits per heavy atom. The van der Waals surface area contributed by atoms with Crippen molar-refractivity contribution >= 4 is 12.0 Å². The van der Waals surface area contributed by atoms with Crippen LogP contribution < -0.4 is 10.6 Å². The third-order valence-electron chi connectivity index (χ3n) is 1.85. The minimum Gasteiger partial charge on any atom is -0.479 e. The van der Waals surface area contributed by atoms with E-state index >= 15 is 0 Å². The summed E-state index contributed by atoms with van der Waals surface area (Å²) >= 11 is 0. The molecule has 0 aromatic carbocycles. The van der Waals surface area contributed by atoms with Gasteiger partial charge in [-0.2, -0.15) is 0 Å². The fourth-order valence-corrected chi connectivity index (χ4v) is 0.894. The maximum absolute atomic E-state index is 11.2. The van der Waals surface area contributed by atoms with E-state index in [-0.39, 0.29) is 12.6 Å². The Morgan fingerprint density at radius 1 is 1.50 bits per heavy atom. The summed E-state index contributed by atoms with van der Waals surface area (Å²) in [6.45, 7) is 2.82. The van der Waals surface area contributed by atoms with Crippen molar-refractivity contribution in [3.8, 4) is 0 Å². The lowest BCUT2D eigenvalue weighted by Gasteiger charge is -2.19. The van der Waals surface area contributed by atoms with E-state index in [1.54, 1.807) is 6.92 Å². The highest BCUT2D eigenvalue weighted by molar-refractivity contribution is 5.79. The van der Waals surface area contributed by atoms with E-state index < -0.39 is 17.6 Å². The van der Waals surface area contributed by atoms with Crippen LogP contribution in [-0.2, 0) is 9.53 Å². The Kier molecular flexibility index (Phi) is 5.76. The van der Waals surface area contributed by atoms with E-state index in [9.17, 15) is 14.7 Å². The summed E-state index contributed by atoms with van der Waals surface area (Å²) in [5.74, 6) is -1.39. The summed E-state index contributed by atoms with van der Waals surface area (Å²) in [5, 5.41) is 22.7. The van der Waals surface area contributed by atoms with Crippen LogP contribution in [0.15, 0.2) is 0 Å². The standard InChI is InChI=1S/C9H18N2O5/c1-6(4-16-3)11-8(14)10-5-9(2,15)7(12)13/h6,15H,4-5H2,1-3H3,(H,12,13)(H2,10,11,14). The number of urea groups is 1. The van der Waals surface area contributed by atoms with Crippen LogP contribution in [0.25, 0.3) is 0 Å². The SMILES string of the molecule is COCC(C)NC(=O)NCC(C)(O)C(=O)O. The monoisotopic (exact) mass is 234 g/mol. The molecule has 0 rings (SSSR count). The molecule has 0 aromatic heterocycles. The van der Waals surface area contributed by atoms with Gasteiger partial charge in [-0.3, -0.25) is 0 Å². The highest BCUT2D eigenvalue weighted by atomic mass is 16.5. The van der Waals surface area contributed by atoms with Gasteiger partial charge in [-0.15, -0.1) is 0 Å². The average molecular weight is 234 g/mol. The zero-order valence-corrected chi connectivity index (χ0v) is 9.61. The van der Waals surface area contributed by atoms with Gasteiger partial charge in [0.2, 0.25) is 0 Å². The summed E-state index contributed by atoms with van der Waals surface area (Å²) in [5.41, 5.74) is -1.97. The maximum atomic E-state index is 11.2. The van der Waals surface area contributed by atoms with Crippen molar-refractivity contribution in [2.45, 2.75) is 25.5 Å². The number of carbonyl (C=O) groups excluding carboxylic acids is 1. The lowest BCUT2D eigenvalue weighted by molar-refractivity contribution is -0.155. The van der Waals surface area contributed by atoms with Crippen LogP contribution in [0, 0.1) is 0 Å². The molecule has 0 saturated heterocycles. The van der Waals surface area contributed by atoms with Crippen molar-refractivity contribution in [3.05, 3.63) is 0 Å². The second kappa shape index (κ2) is 6.29. The van der Waals surface area contributed by atoms with Crippen LogP contribution in [-0.4, -0.2) is 54.1 Å². The van der Waals surface area contributed by atoms with Gasteiger partial charge >= 0.3 is 12.0 Å². The molecule has 7 heteroatoms. The molecule has 16 heavy (non-hydrogen) atoms. The van der Waals surface area contributed by atoms with Gasteiger partial charge in [0.05, 0.1) is 19.2 Å². The number of aliphatic carboxylic acids is 1. The number of carbonyl (C=O) groups is 2. The smallest absolute Gasteiger partial charge is 0.337 e. The predicted molar refractivity (Wildman–Crippen MR) is 56.1 cm³/mol. The van der Waals surface area contributed by atoms with Crippen molar-refractivity contribution < 1.29 is 24.5 Å². The maximum Gasteiger partial charge on any atom is 0.337 e. The summed E-state index contributed by atoms with van der Waals surface area (Å²) < 4.78 is 4.80. The number of hydrogen-bond donors (Lipinski definition) is 4. The van der Waals surface area contributed by atoms with Gasteiger partial charge < -0.3 is 25.6 Å². The zero-order valence-electron chi connectivity index (χ0n) is 9.61. The number of amides is 2. The first-order valence-corrected chi connectivity index (χ1v) is 4.78. The number of aliphatic hydroxyl groups is 1. The molecule has 2 atom stereocenters. The second-order valence-electron chi connectivity index (χ2n) is 3.76. The van der Waals surface area contributed by atoms with Gasteiger partial charge in [-0.1, -0.05) is 0 Å². The third-order valence-corrected chi connectivity index (χ3v) is 1.85. The van der Waals surface area contributed by atoms with Gasteiger partial charge in [-0.25, -0.2) is 9.59 Å². The van der Waals surface area contributed by atoms with Crippen LogP contribution in [0.5, 0.6) is 0 Å². The Morgan fingerprint density at radius 3 is 2.50 bits per heavy atom. The number of ether oxygens (including phenoxy) is 1. The first-order valence-electron chi connectivity index (χ1n) is 4.78. The number of carboxylic acids is 1. The first kappa shape index (κ1) is 14.7. The van der Waals surface area contributed by atoms with E-state index in [4.69, 9.17) is 9.84 Å². The van der Waals surface area contributed by atoms with E-state index in [1.165, 1.54) is 7.11 Å². The molecule has 0 heterocycles. The summed E-state index contributed by atoms with van der Waals surface area (Å²) in [4.78, 5) is 21.7. The van der Waals surface area contributed by atoms with Crippen LogP contribution in [0.3, 0.4) is 0 Å². The summed E-state index contributed by atoms with van der Waals surface area (Å²) in [7, 11) is 1.51. The molecule has 0 aliphatic heterocycles. The molecular weight excluding hydrogens is 216 g/mol. The van der Waals surface area contributed by atoms with Gasteiger partial charge in [0.1, 0.15) is 0 Å². The number of methoxy groups -OCH3 is 1. The highest BCUT2D eigenvalue weighted by Crippen LogP contribution is 2.00. The number of carboxylic acid groups (broad SMARTS) is 1. The molecule has 0 spiro atoms. The summed E-state index contributed by atoms with van der Waals surface area (Å²) in [6, 6.07) is -0.745. The lowest BCUT2D eigenvalue weighted by Crippen LogP contribution is -2.51. The van der Waals surface area contributed by atoms with E-state index in [2.05, 4.69) is 10.6 Å². The van der Waals surface area contributed by atoms with Crippen LogP contribution >= 0.6 is 0 Å². The molecule has 7 nitrogen and oxygen atoms in total. The molecule has 0 bridgehead atoms. The fraction of sp³-hybridized carbons (Fsp3) is 0.778. The summed E-state index contributed by atoms with van der Waals surface area (Å²) in [6.07, 6.45) is 0. The molecule has 94 valence electrons. The fourth-order valence-electron chi connectivity index (χ4n) is 0.894. The number of hydrogen-bond acceptors (Lipinski definition) is 4. The molecule has 4 N–H and O–H groups in total. The minimum absolute atomic E-state index is 0.195. The topological polar surface area (TPSA) is 108 Å².